The van der Waals surface area contributed by atoms with Crippen molar-refractivity contribution >= 4 is 17.7 Å². The van der Waals surface area contributed by atoms with Gasteiger partial charge in [0.05, 0.1) is 5.25 Å². The summed E-state index contributed by atoms with van der Waals surface area (Å²) in [6.07, 6.45) is 4.73. The molecule has 1 aliphatic rings. The van der Waals surface area contributed by atoms with E-state index in [1.165, 1.54) is 24.6 Å². The third kappa shape index (κ3) is 3.98. The molecule has 1 aromatic rings. The molecular formula is C14H24N4OS. The SMILES string of the molecule is CC(Sc1n[nH]c(C(C)C)n1)C(=O)N1CCCCCC1. The summed E-state index contributed by atoms with van der Waals surface area (Å²) in [5, 5.41) is 7.66. The number of likely N-dealkylation sites (tertiary alicyclic amines) is 1. The van der Waals surface area contributed by atoms with E-state index in [4.69, 9.17) is 0 Å². The number of nitrogens with zero attached hydrogens (tertiary/aromatic N) is 3. The van der Waals surface area contributed by atoms with Crippen LogP contribution in [0.1, 0.15) is 58.2 Å². The highest BCUT2D eigenvalue weighted by Crippen LogP contribution is 2.23. The van der Waals surface area contributed by atoms with E-state index in [9.17, 15) is 4.79 Å². The van der Waals surface area contributed by atoms with Crippen LogP contribution in [0.25, 0.3) is 0 Å². The smallest absolute Gasteiger partial charge is 0.235 e. The average Bonchev–Trinajstić information content (AvgIpc) is 2.72. The Balaban J connectivity index is 1.92. The van der Waals surface area contributed by atoms with Crippen molar-refractivity contribution in [1.29, 1.82) is 0 Å². The van der Waals surface area contributed by atoms with Crippen molar-refractivity contribution in [2.75, 3.05) is 13.1 Å². The van der Waals surface area contributed by atoms with E-state index in [1.807, 2.05) is 11.8 Å². The minimum atomic E-state index is -0.121. The van der Waals surface area contributed by atoms with Crippen molar-refractivity contribution < 1.29 is 4.79 Å². The first-order chi connectivity index (χ1) is 9.58. The van der Waals surface area contributed by atoms with Crippen LogP contribution in [-0.2, 0) is 4.79 Å². The molecule has 5 nitrogen and oxygen atoms in total. The Bertz CT molecular complexity index is 438. The van der Waals surface area contributed by atoms with Gasteiger partial charge in [-0.1, -0.05) is 38.5 Å². The second-order valence-corrected chi connectivity index (χ2v) is 6.97. The second-order valence-electron chi connectivity index (χ2n) is 5.66. The van der Waals surface area contributed by atoms with Gasteiger partial charge in [-0.15, -0.1) is 5.10 Å². The number of carbonyl (C=O) groups excluding carboxylic acids is 1. The van der Waals surface area contributed by atoms with Gasteiger partial charge in [0.1, 0.15) is 5.82 Å². The highest BCUT2D eigenvalue weighted by atomic mass is 32.2. The molecule has 1 amide bonds. The molecule has 2 heterocycles. The molecule has 0 aliphatic carbocycles. The minimum Gasteiger partial charge on any atom is -0.342 e. The first-order valence-electron chi connectivity index (χ1n) is 7.45. The van der Waals surface area contributed by atoms with Crippen molar-refractivity contribution in [2.45, 2.75) is 62.8 Å². The van der Waals surface area contributed by atoms with Gasteiger partial charge in [0.25, 0.3) is 0 Å². The van der Waals surface area contributed by atoms with Gasteiger partial charge in [-0.2, -0.15) is 0 Å². The van der Waals surface area contributed by atoms with E-state index < -0.39 is 0 Å². The lowest BCUT2D eigenvalue weighted by molar-refractivity contribution is -0.130. The Morgan fingerprint density at radius 3 is 2.40 bits per heavy atom. The number of hydrogen-bond donors (Lipinski definition) is 1. The molecule has 0 aromatic carbocycles. The lowest BCUT2D eigenvalue weighted by Gasteiger charge is -2.23. The Morgan fingerprint density at radius 2 is 1.85 bits per heavy atom. The molecule has 1 N–H and O–H groups in total. The fraction of sp³-hybridized carbons (Fsp3) is 0.786. The van der Waals surface area contributed by atoms with Gasteiger partial charge >= 0.3 is 0 Å². The Kier molecular flexibility index (Phi) is 5.46. The average molecular weight is 296 g/mol. The van der Waals surface area contributed by atoms with E-state index >= 15 is 0 Å². The normalized spacial score (nSPS) is 18.1. The van der Waals surface area contributed by atoms with Crippen LogP contribution in [-0.4, -0.2) is 44.3 Å². The topological polar surface area (TPSA) is 61.9 Å². The number of aromatic nitrogens is 3. The van der Waals surface area contributed by atoms with E-state index in [0.29, 0.717) is 11.1 Å². The molecule has 0 bridgehead atoms. The van der Waals surface area contributed by atoms with Crippen LogP contribution in [0.5, 0.6) is 0 Å². The summed E-state index contributed by atoms with van der Waals surface area (Å²) < 4.78 is 0. The molecule has 6 heteroatoms. The summed E-state index contributed by atoms with van der Waals surface area (Å²) in [5.41, 5.74) is 0. The monoisotopic (exact) mass is 296 g/mol. The molecule has 1 fully saturated rings. The predicted molar refractivity (Wildman–Crippen MR) is 80.8 cm³/mol. The molecule has 1 unspecified atom stereocenters. The summed E-state index contributed by atoms with van der Waals surface area (Å²) in [4.78, 5) is 18.9. The summed E-state index contributed by atoms with van der Waals surface area (Å²) in [5.74, 6) is 1.42. The molecule has 1 atom stereocenters. The van der Waals surface area contributed by atoms with Crippen LogP contribution < -0.4 is 0 Å². The summed E-state index contributed by atoms with van der Waals surface area (Å²) in [6.45, 7) is 7.88. The summed E-state index contributed by atoms with van der Waals surface area (Å²) in [6, 6.07) is 0. The van der Waals surface area contributed by atoms with Crippen LogP contribution in [0, 0.1) is 0 Å². The number of H-pyrrole nitrogens is 1. The molecular weight excluding hydrogens is 272 g/mol. The zero-order valence-electron chi connectivity index (χ0n) is 12.6. The highest BCUT2D eigenvalue weighted by Gasteiger charge is 2.23. The van der Waals surface area contributed by atoms with E-state index in [0.717, 1.165) is 31.8 Å². The zero-order valence-corrected chi connectivity index (χ0v) is 13.4. The lowest BCUT2D eigenvalue weighted by Crippen LogP contribution is -2.37. The van der Waals surface area contributed by atoms with Crippen molar-refractivity contribution in [2.24, 2.45) is 0 Å². The maximum Gasteiger partial charge on any atom is 0.235 e. The zero-order chi connectivity index (χ0) is 14.5. The first kappa shape index (κ1) is 15.4. The molecule has 0 spiro atoms. The highest BCUT2D eigenvalue weighted by molar-refractivity contribution is 8.00. The number of amides is 1. The van der Waals surface area contributed by atoms with Gasteiger partial charge < -0.3 is 4.90 Å². The van der Waals surface area contributed by atoms with Gasteiger partial charge in [-0.3, -0.25) is 9.89 Å². The molecule has 0 saturated carbocycles. The second kappa shape index (κ2) is 7.11. The van der Waals surface area contributed by atoms with E-state index in [-0.39, 0.29) is 11.2 Å². The molecule has 1 aromatic heterocycles. The summed E-state index contributed by atoms with van der Waals surface area (Å²) in [7, 11) is 0. The van der Waals surface area contributed by atoms with Crippen LogP contribution in [0.15, 0.2) is 5.16 Å². The largest absolute Gasteiger partial charge is 0.342 e. The van der Waals surface area contributed by atoms with Crippen molar-refractivity contribution in [3.8, 4) is 0 Å². The van der Waals surface area contributed by atoms with Crippen molar-refractivity contribution in [1.82, 2.24) is 20.1 Å². The number of nitrogens with one attached hydrogen (secondary N) is 1. The number of carbonyl (C=O) groups is 1. The molecule has 1 aliphatic heterocycles. The Hall–Kier alpha value is -1.04. The molecule has 112 valence electrons. The number of hydrogen-bond acceptors (Lipinski definition) is 4. The quantitative estimate of drug-likeness (QED) is 0.868. The van der Waals surface area contributed by atoms with Crippen molar-refractivity contribution in [3.63, 3.8) is 0 Å². The lowest BCUT2D eigenvalue weighted by atomic mass is 10.2. The Morgan fingerprint density at radius 1 is 1.20 bits per heavy atom. The number of rotatable bonds is 4. The van der Waals surface area contributed by atoms with Gasteiger partial charge in [-0.05, 0) is 19.8 Å². The minimum absolute atomic E-state index is 0.121. The Labute approximate surface area is 124 Å². The van der Waals surface area contributed by atoms with Crippen molar-refractivity contribution in [3.05, 3.63) is 5.82 Å². The first-order valence-corrected chi connectivity index (χ1v) is 8.33. The van der Waals surface area contributed by atoms with E-state index in [1.54, 1.807) is 0 Å². The number of thioether (sulfide) groups is 1. The number of aromatic amines is 1. The molecule has 20 heavy (non-hydrogen) atoms. The van der Waals surface area contributed by atoms with Gasteiger partial charge in [0.15, 0.2) is 0 Å². The van der Waals surface area contributed by atoms with Crippen LogP contribution in [0.2, 0.25) is 0 Å². The fourth-order valence-electron chi connectivity index (χ4n) is 2.33. The fourth-order valence-corrected chi connectivity index (χ4v) is 3.14. The van der Waals surface area contributed by atoms with Crippen LogP contribution >= 0.6 is 11.8 Å². The van der Waals surface area contributed by atoms with E-state index in [2.05, 4.69) is 29.0 Å². The van der Waals surface area contributed by atoms with Gasteiger partial charge in [-0.25, -0.2) is 4.98 Å². The van der Waals surface area contributed by atoms with Gasteiger partial charge in [0, 0.05) is 19.0 Å². The van der Waals surface area contributed by atoms with Crippen LogP contribution in [0.3, 0.4) is 0 Å². The summed E-state index contributed by atoms with van der Waals surface area (Å²) >= 11 is 1.45. The third-order valence-corrected chi connectivity index (χ3v) is 4.53. The van der Waals surface area contributed by atoms with Crippen LogP contribution in [0.4, 0.5) is 0 Å². The standard InChI is InChI=1S/C14H24N4OS/c1-10(2)12-15-14(17-16-12)20-11(3)13(19)18-8-6-4-5-7-9-18/h10-11H,4-9H2,1-3H3,(H,15,16,17). The maximum atomic E-state index is 12.4. The third-order valence-electron chi connectivity index (χ3n) is 3.58. The molecule has 1 saturated heterocycles. The maximum absolute atomic E-state index is 12.4. The predicted octanol–water partition coefficient (Wildman–Crippen LogP) is 2.81. The molecule has 0 radical (unpaired) electrons. The van der Waals surface area contributed by atoms with Gasteiger partial charge in [0.2, 0.25) is 11.1 Å². The molecule has 2 rings (SSSR count).